The van der Waals surface area contributed by atoms with Gasteiger partial charge in [-0.1, -0.05) is 18.2 Å². The summed E-state index contributed by atoms with van der Waals surface area (Å²) >= 11 is 0. The molecule has 1 aliphatic rings. The average Bonchev–Trinajstić information content (AvgIpc) is 2.72. The first-order valence-corrected chi connectivity index (χ1v) is 11.0. The van der Waals surface area contributed by atoms with Gasteiger partial charge >= 0.3 is 6.09 Å². The predicted octanol–water partition coefficient (Wildman–Crippen LogP) is 5.30. The number of piperidine rings is 1. The molecule has 2 heterocycles. The van der Waals surface area contributed by atoms with Crippen molar-refractivity contribution in [3.63, 3.8) is 0 Å². The van der Waals surface area contributed by atoms with Crippen LogP contribution in [0.3, 0.4) is 0 Å². The minimum absolute atomic E-state index is 0. The van der Waals surface area contributed by atoms with E-state index in [4.69, 9.17) is 14.7 Å². The van der Waals surface area contributed by atoms with Crippen molar-refractivity contribution in [2.45, 2.75) is 52.2 Å². The number of aromatic hydroxyl groups is 1. The fourth-order valence-electron chi connectivity index (χ4n) is 3.96. The number of aryl methyl sites for hydroxylation is 1. The lowest BCUT2D eigenvalue weighted by Crippen LogP contribution is -2.46. The number of phenols is 1. The first kappa shape index (κ1) is 21.9. The standard InChI is InChI=1S/C25H30N4O3.2H2/c1-16-9-10-18-20(15-16)27-22(19-7-5-6-8-21(19)30)28-23(18)29-13-11-17(12-14-29)26-24(31)32-25(2,3)4;;/h5-10,15,17,30H,11-14H2,1-4H3,(H,26,31);2*1H. The lowest BCUT2D eigenvalue weighted by atomic mass is 10.0. The number of para-hydroxylation sites is 1. The summed E-state index contributed by atoms with van der Waals surface area (Å²) in [5.41, 5.74) is 2.06. The van der Waals surface area contributed by atoms with Gasteiger partial charge in [0.2, 0.25) is 0 Å². The van der Waals surface area contributed by atoms with E-state index in [1.807, 2.05) is 45.9 Å². The van der Waals surface area contributed by atoms with Crippen LogP contribution < -0.4 is 10.2 Å². The number of hydrogen-bond donors (Lipinski definition) is 2. The molecule has 0 unspecified atom stereocenters. The molecule has 0 aliphatic carbocycles. The second-order valence-corrected chi connectivity index (χ2v) is 9.32. The van der Waals surface area contributed by atoms with Crippen molar-refractivity contribution in [2.75, 3.05) is 18.0 Å². The first-order valence-electron chi connectivity index (χ1n) is 11.0. The van der Waals surface area contributed by atoms with E-state index in [0.717, 1.165) is 48.2 Å². The normalized spacial score (nSPS) is 15.1. The highest BCUT2D eigenvalue weighted by Gasteiger charge is 2.26. The maximum absolute atomic E-state index is 12.1. The molecule has 1 amide bonds. The van der Waals surface area contributed by atoms with Gasteiger partial charge in [0, 0.05) is 27.4 Å². The van der Waals surface area contributed by atoms with Crippen LogP contribution in [0.25, 0.3) is 22.3 Å². The summed E-state index contributed by atoms with van der Waals surface area (Å²) in [5, 5.41) is 14.3. The first-order chi connectivity index (χ1) is 15.2. The molecule has 1 fully saturated rings. The predicted molar refractivity (Wildman–Crippen MR) is 130 cm³/mol. The number of ether oxygens (including phenoxy) is 1. The van der Waals surface area contributed by atoms with Crippen molar-refractivity contribution in [3.8, 4) is 17.1 Å². The van der Waals surface area contributed by atoms with E-state index >= 15 is 0 Å². The van der Waals surface area contributed by atoms with Crippen molar-refractivity contribution in [1.82, 2.24) is 15.3 Å². The monoisotopic (exact) mass is 438 g/mol. The molecule has 32 heavy (non-hydrogen) atoms. The summed E-state index contributed by atoms with van der Waals surface area (Å²) in [4.78, 5) is 24.0. The van der Waals surface area contributed by atoms with Gasteiger partial charge in [-0.15, -0.1) is 0 Å². The Balaban J connectivity index is 0.00000204. The molecule has 0 radical (unpaired) electrons. The van der Waals surface area contributed by atoms with Crippen LogP contribution >= 0.6 is 0 Å². The molecule has 172 valence electrons. The van der Waals surface area contributed by atoms with E-state index < -0.39 is 5.60 Å². The Morgan fingerprint density at radius 1 is 1.16 bits per heavy atom. The summed E-state index contributed by atoms with van der Waals surface area (Å²) in [6, 6.07) is 13.3. The quantitative estimate of drug-likeness (QED) is 0.577. The van der Waals surface area contributed by atoms with Crippen LogP contribution in [0, 0.1) is 6.92 Å². The Kier molecular flexibility index (Phi) is 5.91. The second kappa shape index (κ2) is 8.65. The van der Waals surface area contributed by atoms with Gasteiger partial charge < -0.3 is 20.1 Å². The number of alkyl carbamates (subject to hydrolysis) is 1. The highest BCUT2D eigenvalue weighted by molar-refractivity contribution is 5.92. The van der Waals surface area contributed by atoms with E-state index in [-0.39, 0.29) is 20.7 Å². The molecule has 0 atom stereocenters. The summed E-state index contributed by atoms with van der Waals surface area (Å²) < 4.78 is 5.39. The van der Waals surface area contributed by atoms with Crippen LogP contribution in [-0.2, 0) is 4.74 Å². The molecule has 0 spiro atoms. The van der Waals surface area contributed by atoms with Gasteiger partial charge in [0.25, 0.3) is 0 Å². The number of hydrogen-bond acceptors (Lipinski definition) is 6. The number of rotatable bonds is 3. The summed E-state index contributed by atoms with van der Waals surface area (Å²) in [6.07, 6.45) is 1.21. The van der Waals surface area contributed by atoms with Gasteiger partial charge in [-0.25, -0.2) is 14.8 Å². The van der Waals surface area contributed by atoms with Crippen LogP contribution in [0.2, 0.25) is 0 Å². The van der Waals surface area contributed by atoms with Crippen LogP contribution in [-0.4, -0.2) is 45.9 Å². The topological polar surface area (TPSA) is 87.6 Å². The number of nitrogens with zero attached hydrogens (tertiary/aromatic N) is 3. The van der Waals surface area contributed by atoms with Gasteiger partial charge in [-0.3, -0.25) is 0 Å². The number of benzene rings is 2. The Bertz CT molecular complexity index is 1140. The van der Waals surface area contributed by atoms with Gasteiger partial charge in [0.15, 0.2) is 5.82 Å². The molecule has 1 aliphatic heterocycles. The van der Waals surface area contributed by atoms with E-state index in [0.29, 0.717) is 11.4 Å². The number of anilines is 1. The van der Waals surface area contributed by atoms with Crippen LogP contribution in [0.4, 0.5) is 10.6 Å². The molecule has 2 N–H and O–H groups in total. The minimum atomic E-state index is -0.512. The van der Waals surface area contributed by atoms with Gasteiger partial charge in [-0.05, 0) is 70.4 Å². The number of amides is 1. The van der Waals surface area contributed by atoms with Crippen LogP contribution in [0.5, 0.6) is 5.75 Å². The maximum Gasteiger partial charge on any atom is 0.407 e. The number of nitrogens with one attached hydrogen (secondary N) is 1. The largest absolute Gasteiger partial charge is 0.507 e. The highest BCUT2D eigenvalue weighted by Crippen LogP contribution is 2.33. The molecule has 3 aromatic rings. The zero-order valence-electron chi connectivity index (χ0n) is 19.1. The third kappa shape index (κ3) is 4.93. The van der Waals surface area contributed by atoms with Gasteiger partial charge in [0.1, 0.15) is 17.2 Å². The lowest BCUT2D eigenvalue weighted by Gasteiger charge is -2.34. The second-order valence-electron chi connectivity index (χ2n) is 9.32. The molecule has 4 rings (SSSR count). The molecule has 2 aromatic carbocycles. The fourth-order valence-corrected chi connectivity index (χ4v) is 3.96. The Morgan fingerprint density at radius 2 is 1.88 bits per heavy atom. The Labute approximate surface area is 191 Å². The number of phenolic OH excluding ortho intramolecular Hbond substituents is 1. The zero-order valence-corrected chi connectivity index (χ0v) is 19.1. The van der Waals surface area contributed by atoms with Crippen molar-refractivity contribution >= 4 is 22.8 Å². The molecule has 1 aromatic heterocycles. The van der Waals surface area contributed by atoms with Crippen molar-refractivity contribution in [3.05, 3.63) is 48.0 Å². The van der Waals surface area contributed by atoms with Gasteiger partial charge in [0.05, 0.1) is 11.1 Å². The number of fused-ring (bicyclic) bond motifs is 1. The highest BCUT2D eigenvalue weighted by atomic mass is 16.6. The van der Waals surface area contributed by atoms with E-state index in [1.165, 1.54) is 0 Å². The summed E-state index contributed by atoms with van der Waals surface area (Å²) in [5.74, 6) is 1.51. The van der Waals surface area contributed by atoms with Crippen molar-refractivity contribution in [2.24, 2.45) is 0 Å². The molecular weight excluding hydrogens is 404 g/mol. The SMILES string of the molecule is Cc1ccc2c(N3CCC(NC(=O)OC(C)(C)C)CC3)nc(-c3ccccc3O)nc2c1.[HH].[HH]. The third-order valence-electron chi connectivity index (χ3n) is 5.49. The third-order valence-corrected chi connectivity index (χ3v) is 5.49. The van der Waals surface area contributed by atoms with E-state index in [1.54, 1.807) is 12.1 Å². The summed E-state index contributed by atoms with van der Waals surface area (Å²) in [6.45, 7) is 9.12. The molecule has 0 bridgehead atoms. The minimum Gasteiger partial charge on any atom is -0.507 e. The molecule has 1 saturated heterocycles. The smallest absolute Gasteiger partial charge is 0.407 e. The van der Waals surface area contributed by atoms with Crippen molar-refractivity contribution < 1.29 is 17.5 Å². The number of aromatic nitrogens is 2. The summed E-state index contributed by atoms with van der Waals surface area (Å²) in [7, 11) is 0. The Hall–Kier alpha value is -3.35. The molecule has 7 nitrogen and oxygen atoms in total. The number of carbonyl (C=O) groups is 1. The molecule has 7 heteroatoms. The van der Waals surface area contributed by atoms with Crippen LogP contribution in [0.1, 0.15) is 42.0 Å². The number of carbonyl (C=O) groups excluding carboxylic acids is 1. The van der Waals surface area contributed by atoms with E-state index in [2.05, 4.69) is 22.3 Å². The average molecular weight is 439 g/mol. The van der Waals surface area contributed by atoms with Gasteiger partial charge in [-0.2, -0.15) is 0 Å². The zero-order chi connectivity index (χ0) is 22.9. The Morgan fingerprint density at radius 3 is 2.56 bits per heavy atom. The molecular formula is C25H34N4O3. The van der Waals surface area contributed by atoms with Crippen LogP contribution in [0.15, 0.2) is 42.5 Å². The van der Waals surface area contributed by atoms with E-state index in [9.17, 15) is 9.90 Å². The lowest BCUT2D eigenvalue weighted by molar-refractivity contribution is 0.0497. The van der Waals surface area contributed by atoms with Crippen molar-refractivity contribution in [1.29, 1.82) is 0 Å². The fraction of sp³-hybridized carbons (Fsp3) is 0.400. The molecule has 0 saturated carbocycles. The maximum atomic E-state index is 12.1.